The van der Waals surface area contributed by atoms with Crippen molar-refractivity contribution in [3.05, 3.63) is 61.3 Å². The average molecular weight is 755 g/mol. The predicted octanol–water partition coefficient (Wildman–Crippen LogP) is 5.72. The van der Waals surface area contributed by atoms with Crippen molar-refractivity contribution in [2.45, 2.75) is 25.7 Å². The number of methoxy groups -OCH3 is 2. The number of fused-ring (bicyclic) bond motifs is 4. The lowest BCUT2D eigenvalue weighted by molar-refractivity contribution is -0.138. The Morgan fingerprint density at radius 3 is 2.41 bits per heavy atom. The molecule has 2 aromatic carbocycles. The van der Waals surface area contributed by atoms with Crippen LogP contribution in [0.3, 0.4) is 0 Å². The van der Waals surface area contributed by atoms with E-state index in [9.17, 15) is 33.5 Å². The number of rotatable bonds is 3. The van der Waals surface area contributed by atoms with Crippen LogP contribution in [-0.4, -0.2) is 53.9 Å². The van der Waals surface area contributed by atoms with Crippen molar-refractivity contribution in [3.63, 3.8) is 0 Å². The molecule has 0 bridgehead atoms. The van der Waals surface area contributed by atoms with Gasteiger partial charge >= 0.3 is 6.09 Å². The Kier molecular flexibility index (Phi) is 7.44. The van der Waals surface area contributed by atoms with E-state index in [0.717, 1.165) is 18.1 Å². The quantitative estimate of drug-likeness (QED) is 0.312. The first-order valence-corrected chi connectivity index (χ1v) is 15.5. The minimum absolute atomic E-state index is 0.0258. The van der Waals surface area contributed by atoms with Crippen LogP contribution in [-0.2, 0) is 23.9 Å². The number of anilines is 1. The zero-order chi connectivity index (χ0) is 32.0. The largest absolute Gasteiger partial charge is 0.503 e. The molecule has 4 aliphatic rings. The van der Waals surface area contributed by atoms with Crippen LogP contribution in [0.2, 0.25) is 5.02 Å². The fraction of sp³-hybridized carbons (Fsp3) is 0.367. The molecule has 10 nitrogen and oxygen atoms in total. The number of amides is 5. The van der Waals surface area contributed by atoms with Crippen LogP contribution in [0.1, 0.15) is 31.2 Å². The fourth-order valence-electron chi connectivity index (χ4n) is 7.48. The molecule has 2 aromatic rings. The molecule has 2 heterocycles. The summed E-state index contributed by atoms with van der Waals surface area (Å²) >= 11 is 13.0. The molecule has 0 spiro atoms. The molecule has 6 atom stereocenters. The molecule has 44 heavy (non-hydrogen) atoms. The van der Waals surface area contributed by atoms with Gasteiger partial charge in [-0.2, -0.15) is 4.90 Å². The van der Waals surface area contributed by atoms with Gasteiger partial charge < -0.3 is 14.6 Å². The van der Waals surface area contributed by atoms with Crippen LogP contribution < -0.4 is 9.64 Å². The topological polar surface area (TPSA) is 131 Å². The van der Waals surface area contributed by atoms with Gasteiger partial charge in [0.05, 0.1) is 52.6 Å². The maximum atomic E-state index is 14.5. The maximum Gasteiger partial charge on any atom is 0.423 e. The number of benzene rings is 2. The Labute approximate surface area is 272 Å². The molecule has 1 saturated carbocycles. The van der Waals surface area contributed by atoms with Crippen molar-refractivity contribution in [3.8, 4) is 11.5 Å². The first-order valence-electron chi connectivity index (χ1n) is 13.5. The Bertz CT molecular complexity index is 1730. The van der Waals surface area contributed by atoms with E-state index in [4.69, 9.17) is 21.1 Å². The molecular weight excluding hydrogens is 731 g/mol. The third-order valence-corrected chi connectivity index (χ3v) is 11.9. The van der Waals surface area contributed by atoms with E-state index in [1.807, 2.05) is 0 Å². The number of phenolic OH excluding ortho intramolecular Hbond substituents is 1. The highest BCUT2D eigenvalue weighted by Gasteiger charge is 2.68. The number of carbonyl (C=O) groups is 5. The highest BCUT2D eigenvalue weighted by atomic mass is 79.9. The summed E-state index contributed by atoms with van der Waals surface area (Å²) in [5.74, 6) is -7.78. The minimum atomic E-state index is -1.44. The highest BCUT2D eigenvalue weighted by Crippen LogP contribution is 2.65. The van der Waals surface area contributed by atoms with E-state index >= 15 is 0 Å². The third-order valence-electron chi connectivity index (χ3n) is 9.50. The average Bonchev–Trinajstić information content (AvgIpc) is 3.37. The number of halogens is 4. The van der Waals surface area contributed by atoms with Gasteiger partial charge in [0.1, 0.15) is 5.82 Å². The maximum absolute atomic E-state index is 14.5. The van der Waals surface area contributed by atoms with E-state index in [1.54, 1.807) is 19.1 Å². The normalized spacial score (nSPS) is 29.3. The number of hydrogen-bond acceptors (Lipinski definition) is 8. The second-order valence-corrected chi connectivity index (χ2v) is 13.4. The lowest BCUT2D eigenvalue weighted by Gasteiger charge is -2.49. The minimum Gasteiger partial charge on any atom is -0.503 e. The molecule has 230 valence electrons. The van der Waals surface area contributed by atoms with Crippen LogP contribution in [0.5, 0.6) is 11.5 Å². The molecule has 14 heteroatoms. The molecule has 3 fully saturated rings. The second-order valence-electron chi connectivity index (χ2n) is 11.4. The summed E-state index contributed by atoms with van der Waals surface area (Å²) in [5, 5.41) is 10.4. The van der Waals surface area contributed by atoms with Crippen LogP contribution in [0.4, 0.5) is 14.9 Å². The van der Waals surface area contributed by atoms with E-state index < -0.39 is 70.5 Å². The number of hydrogen-bond donors (Lipinski definition) is 1. The third kappa shape index (κ3) is 4.04. The molecule has 0 radical (unpaired) electrons. The number of nitrogens with zero attached hydrogens (tertiary/aromatic N) is 2. The number of phenols is 1. The van der Waals surface area contributed by atoms with Crippen LogP contribution in [0, 0.1) is 34.9 Å². The van der Waals surface area contributed by atoms with Crippen LogP contribution in [0.25, 0.3) is 0 Å². The summed E-state index contributed by atoms with van der Waals surface area (Å²) < 4.78 is 24.8. The van der Waals surface area contributed by atoms with E-state index in [2.05, 4.69) is 31.9 Å². The van der Waals surface area contributed by atoms with E-state index in [1.165, 1.54) is 19.2 Å². The van der Waals surface area contributed by atoms with Gasteiger partial charge in [-0.3, -0.25) is 19.2 Å². The Balaban J connectivity index is 1.57. The van der Waals surface area contributed by atoms with Crippen molar-refractivity contribution in [1.82, 2.24) is 4.90 Å². The summed E-state index contributed by atoms with van der Waals surface area (Å²) in [6.07, 6.45) is 0.852. The zero-order valence-electron chi connectivity index (χ0n) is 23.4. The Morgan fingerprint density at radius 1 is 1.07 bits per heavy atom. The van der Waals surface area contributed by atoms with E-state index in [-0.39, 0.29) is 39.5 Å². The second kappa shape index (κ2) is 10.7. The van der Waals surface area contributed by atoms with Gasteiger partial charge in [-0.05, 0) is 87.4 Å². The number of aromatic hydroxyl groups is 1. The highest BCUT2D eigenvalue weighted by molar-refractivity contribution is 9.13. The van der Waals surface area contributed by atoms with Gasteiger partial charge in [-0.1, -0.05) is 23.3 Å². The van der Waals surface area contributed by atoms with E-state index in [0.29, 0.717) is 20.5 Å². The lowest BCUT2D eigenvalue weighted by atomic mass is 9.51. The summed E-state index contributed by atoms with van der Waals surface area (Å²) in [6.45, 7) is 1.67. The van der Waals surface area contributed by atoms with Gasteiger partial charge in [0.15, 0.2) is 11.5 Å². The van der Waals surface area contributed by atoms with Gasteiger partial charge in [0.25, 0.3) is 0 Å². The zero-order valence-corrected chi connectivity index (χ0v) is 27.3. The number of allylic oxidation sites excluding steroid dienone is 2. The summed E-state index contributed by atoms with van der Waals surface area (Å²) in [5.41, 5.74) is -0.235. The van der Waals surface area contributed by atoms with Crippen LogP contribution in [0.15, 0.2) is 44.9 Å². The number of imide groups is 4. The lowest BCUT2D eigenvalue weighted by Crippen LogP contribution is -2.49. The Hall–Kier alpha value is -3.29. The van der Waals surface area contributed by atoms with Crippen molar-refractivity contribution >= 4 is 78.9 Å². The van der Waals surface area contributed by atoms with Crippen LogP contribution >= 0.6 is 43.5 Å². The molecule has 2 aliphatic heterocycles. The fourth-order valence-corrected chi connectivity index (χ4v) is 8.61. The van der Waals surface area contributed by atoms with Gasteiger partial charge in [-0.25, -0.2) is 14.1 Å². The van der Waals surface area contributed by atoms with Crippen molar-refractivity contribution in [2.75, 3.05) is 19.1 Å². The van der Waals surface area contributed by atoms with Crippen molar-refractivity contribution in [2.24, 2.45) is 29.1 Å². The molecule has 2 saturated heterocycles. The smallest absolute Gasteiger partial charge is 0.423 e. The SMILES string of the molecule is COC(=O)N1C(=O)[C@H]2[C@H](CC=C3[C@H]2C[C@H]2C(=O)N(c4ccc(F)c(Cl)c4)C(=O)[C@@]2(C)[C@H]3c2cc(OC)c(O)c(Br)c2Br)C1=O. The Morgan fingerprint density at radius 2 is 1.77 bits per heavy atom. The summed E-state index contributed by atoms with van der Waals surface area (Å²) in [4.78, 5) is 69.6. The number of likely N-dealkylation sites (tertiary alicyclic amines) is 1. The first kappa shape index (κ1) is 30.7. The standard InChI is InChI=1S/C30H24Br2ClFN2O8/c1-30-16(26(39)35(28(30)41)11-4-7-18(34)17(33)8-11)9-14-12(21(30)15-10-19(43-2)24(37)23(32)22(15)31)5-6-13-20(14)27(40)36(25(13)38)29(42)44-3/h4-5,7-8,10,13-14,16,20-21,37H,6,9H2,1-3H3/t13-,14+,16-,20-,21+,30+/m0/s1. The predicted molar refractivity (Wildman–Crippen MR) is 160 cm³/mol. The molecule has 0 unspecified atom stereocenters. The summed E-state index contributed by atoms with van der Waals surface area (Å²) in [7, 11) is 2.44. The molecule has 1 N–H and O–H groups in total. The molecule has 6 rings (SSSR count). The van der Waals surface area contributed by atoms with Gasteiger partial charge in [-0.15, -0.1) is 0 Å². The van der Waals surface area contributed by atoms with Crippen molar-refractivity contribution < 1.29 is 42.9 Å². The number of ether oxygens (including phenoxy) is 2. The van der Waals surface area contributed by atoms with Gasteiger partial charge in [0, 0.05) is 10.4 Å². The molecule has 2 aliphatic carbocycles. The molecule has 5 amide bonds. The number of carbonyl (C=O) groups excluding carboxylic acids is 5. The monoisotopic (exact) mass is 752 g/mol. The first-order chi connectivity index (χ1) is 20.8. The van der Waals surface area contributed by atoms with Gasteiger partial charge in [0.2, 0.25) is 23.6 Å². The summed E-state index contributed by atoms with van der Waals surface area (Å²) in [6, 6.07) is 5.12. The van der Waals surface area contributed by atoms with Crippen molar-refractivity contribution in [1.29, 1.82) is 0 Å². The molecular formula is C30H24Br2ClFN2O8. The molecule has 0 aromatic heterocycles.